The zero-order chi connectivity index (χ0) is 25.1. The number of amides is 1. The highest BCUT2D eigenvalue weighted by molar-refractivity contribution is 7.91. The van der Waals surface area contributed by atoms with E-state index in [4.69, 9.17) is 5.14 Å². The van der Waals surface area contributed by atoms with E-state index in [0.717, 1.165) is 16.7 Å². The Morgan fingerprint density at radius 2 is 1.52 bits per heavy atom. The number of hydrogen-bond donors (Lipinski definition) is 2. The summed E-state index contributed by atoms with van der Waals surface area (Å²) in [6.45, 7) is 11.0. The lowest BCUT2D eigenvalue weighted by atomic mass is 9.85. The minimum atomic E-state index is -3.66. The van der Waals surface area contributed by atoms with Crippen LogP contribution < -0.4 is 5.14 Å². The largest absolute Gasteiger partial charge is 0.386 e. The van der Waals surface area contributed by atoms with Crippen LogP contribution >= 0.6 is 0 Å². The molecule has 0 aromatic heterocycles. The molecule has 1 amide bonds. The first-order valence-corrected chi connectivity index (χ1v) is 12.2. The SMILES string of the molecule is CC(C)c1cc(C#N)cc(C(C)C)c1CC(=O)N=S(N)(=O)c1cc(C#N)cc(C(C)(C)O)c1. The molecule has 1 unspecified atom stereocenters. The first-order chi connectivity index (χ1) is 15.2. The van der Waals surface area contributed by atoms with Crippen molar-refractivity contribution in [2.24, 2.45) is 9.50 Å². The second-order valence-electron chi connectivity index (χ2n) is 9.20. The van der Waals surface area contributed by atoms with Crippen molar-refractivity contribution in [3.05, 3.63) is 63.7 Å². The van der Waals surface area contributed by atoms with Gasteiger partial charge in [0.2, 0.25) is 0 Å². The van der Waals surface area contributed by atoms with Crippen LogP contribution in [-0.2, 0) is 26.7 Å². The van der Waals surface area contributed by atoms with E-state index in [0.29, 0.717) is 11.1 Å². The topological polar surface area (TPSA) is 140 Å². The van der Waals surface area contributed by atoms with Crippen LogP contribution in [0.3, 0.4) is 0 Å². The van der Waals surface area contributed by atoms with Crippen LogP contribution in [0.25, 0.3) is 0 Å². The van der Waals surface area contributed by atoms with Gasteiger partial charge in [-0.2, -0.15) is 10.5 Å². The summed E-state index contributed by atoms with van der Waals surface area (Å²) in [7, 11) is -3.66. The fraction of sp³-hybridized carbons (Fsp3) is 0.400. The van der Waals surface area contributed by atoms with Crippen LogP contribution in [0, 0.1) is 22.7 Å². The molecule has 0 bridgehead atoms. The Balaban J connectivity index is 2.59. The Labute approximate surface area is 196 Å². The second kappa shape index (κ2) is 9.84. The highest BCUT2D eigenvalue weighted by Crippen LogP contribution is 2.30. The molecule has 0 saturated carbocycles. The lowest BCUT2D eigenvalue weighted by Crippen LogP contribution is -2.20. The highest BCUT2D eigenvalue weighted by atomic mass is 32.2. The molecule has 7 nitrogen and oxygen atoms in total. The third-order valence-corrected chi connectivity index (χ3v) is 6.72. The van der Waals surface area contributed by atoms with Gasteiger partial charge in [0.15, 0.2) is 0 Å². The molecule has 0 aliphatic rings. The summed E-state index contributed by atoms with van der Waals surface area (Å²) in [6.07, 6.45) is -0.114. The number of carbonyl (C=O) groups is 1. The summed E-state index contributed by atoms with van der Waals surface area (Å²) in [6, 6.07) is 11.8. The molecule has 1 atom stereocenters. The van der Waals surface area contributed by atoms with Gasteiger partial charge in [0.05, 0.1) is 40.2 Å². The van der Waals surface area contributed by atoms with Gasteiger partial charge in [-0.15, -0.1) is 4.36 Å². The Bertz CT molecular complexity index is 1250. The van der Waals surface area contributed by atoms with E-state index in [-0.39, 0.29) is 28.7 Å². The number of nitrogens with zero attached hydrogens (tertiary/aromatic N) is 3. The molecule has 3 N–H and O–H groups in total. The number of benzene rings is 2. The first-order valence-electron chi connectivity index (χ1n) is 10.6. The summed E-state index contributed by atoms with van der Waals surface area (Å²) in [5, 5.41) is 35.0. The quantitative estimate of drug-likeness (QED) is 0.650. The standard InChI is InChI=1S/C25H30N4O3S/c1-15(2)21-9-18(14-27)10-22(16(3)4)23(21)12-24(30)29-33(28,32)20-8-17(13-26)7-19(11-20)25(5,6)31/h7-11,15-16,31H,12H2,1-6H3,(H2,28,29,30,32). The van der Waals surface area contributed by atoms with E-state index in [9.17, 15) is 24.6 Å². The second-order valence-corrected chi connectivity index (χ2v) is 11.0. The number of carbonyl (C=O) groups excluding carboxylic acids is 1. The van der Waals surface area contributed by atoms with Crippen molar-refractivity contribution in [1.29, 1.82) is 10.5 Å². The molecule has 2 aromatic carbocycles. The Kier molecular flexibility index (Phi) is 7.82. The van der Waals surface area contributed by atoms with Gasteiger partial charge in [-0.25, -0.2) is 9.35 Å². The summed E-state index contributed by atoms with van der Waals surface area (Å²) < 4.78 is 17.1. The van der Waals surface area contributed by atoms with Crippen LogP contribution in [0.2, 0.25) is 0 Å². The molecule has 33 heavy (non-hydrogen) atoms. The molecule has 0 radical (unpaired) electrons. The third kappa shape index (κ3) is 6.27. The van der Waals surface area contributed by atoms with Gasteiger partial charge in [0.1, 0.15) is 9.92 Å². The molecule has 2 aromatic rings. The number of hydrogen-bond acceptors (Lipinski definition) is 5. The maximum absolute atomic E-state index is 13.2. The summed E-state index contributed by atoms with van der Waals surface area (Å²) in [5.41, 5.74) is 2.19. The van der Waals surface area contributed by atoms with Gasteiger partial charge in [-0.1, -0.05) is 27.7 Å². The number of nitrogens with two attached hydrogens (primary N) is 1. The predicted molar refractivity (Wildman–Crippen MR) is 127 cm³/mol. The Hall–Kier alpha value is -3.04. The summed E-state index contributed by atoms with van der Waals surface area (Å²) in [4.78, 5) is 12.9. The molecule has 0 aliphatic carbocycles. The lowest BCUT2D eigenvalue weighted by molar-refractivity contribution is -0.117. The zero-order valence-electron chi connectivity index (χ0n) is 19.8. The molecular formula is C25H30N4O3S. The number of aliphatic hydroxyl groups is 1. The van der Waals surface area contributed by atoms with Crippen molar-refractivity contribution in [3.8, 4) is 12.1 Å². The van der Waals surface area contributed by atoms with E-state index < -0.39 is 21.4 Å². The average molecular weight is 467 g/mol. The molecule has 0 fully saturated rings. The normalized spacial score (nSPS) is 13.3. The minimum absolute atomic E-state index is 0.0000181. The van der Waals surface area contributed by atoms with Crippen molar-refractivity contribution < 1.29 is 14.1 Å². The van der Waals surface area contributed by atoms with Crippen LogP contribution in [0.4, 0.5) is 0 Å². The minimum Gasteiger partial charge on any atom is -0.386 e. The van der Waals surface area contributed by atoms with Gasteiger partial charge in [0.25, 0.3) is 5.91 Å². The number of nitriles is 2. The van der Waals surface area contributed by atoms with Crippen molar-refractivity contribution >= 4 is 15.8 Å². The Morgan fingerprint density at radius 1 is 1.03 bits per heavy atom. The van der Waals surface area contributed by atoms with Gasteiger partial charge in [-0.05, 0) is 78.3 Å². The van der Waals surface area contributed by atoms with E-state index in [1.807, 2.05) is 33.8 Å². The summed E-state index contributed by atoms with van der Waals surface area (Å²) in [5.74, 6) is -0.548. The molecule has 0 saturated heterocycles. The summed E-state index contributed by atoms with van der Waals surface area (Å²) >= 11 is 0. The maximum atomic E-state index is 13.2. The molecule has 0 aliphatic heterocycles. The third-order valence-electron chi connectivity index (χ3n) is 5.34. The first kappa shape index (κ1) is 26.2. The predicted octanol–water partition coefficient (Wildman–Crippen LogP) is 4.37. The fourth-order valence-corrected chi connectivity index (χ4v) is 4.65. The van der Waals surface area contributed by atoms with Crippen molar-refractivity contribution in [2.45, 2.75) is 70.3 Å². The van der Waals surface area contributed by atoms with E-state index in [1.165, 1.54) is 32.0 Å². The van der Waals surface area contributed by atoms with Crippen LogP contribution in [0.5, 0.6) is 0 Å². The average Bonchev–Trinajstić information content (AvgIpc) is 2.71. The van der Waals surface area contributed by atoms with Crippen LogP contribution in [-0.4, -0.2) is 15.2 Å². The molecule has 8 heteroatoms. The van der Waals surface area contributed by atoms with Crippen LogP contribution in [0.15, 0.2) is 39.6 Å². The van der Waals surface area contributed by atoms with Crippen molar-refractivity contribution in [3.63, 3.8) is 0 Å². The van der Waals surface area contributed by atoms with Crippen molar-refractivity contribution in [2.75, 3.05) is 0 Å². The molecule has 0 spiro atoms. The maximum Gasteiger partial charge on any atom is 0.259 e. The molecule has 174 valence electrons. The Morgan fingerprint density at radius 3 is 1.94 bits per heavy atom. The van der Waals surface area contributed by atoms with Gasteiger partial charge >= 0.3 is 0 Å². The molecule has 2 rings (SSSR count). The van der Waals surface area contributed by atoms with Gasteiger partial charge in [0, 0.05) is 0 Å². The fourth-order valence-electron chi connectivity index (χ4n) is 3.59. The van der Waals surface area contributed by atoms with E-state index >= 15 is 0 Å². The molecule has 0 heterocycles. The monoisotopic (exact) mass is 466 g/mol. The zero-order valence-corrected chi connectivity index (χ0v) is 20.7. The smallest absolute Gasteiger partial charge is 0.259 e. The molecular weight excluding hydrogens is 436 g/mol. The van der Waals surface area contributed by atoms with Crippen LogP contribution in [0.1, 0.15) is 86.8 Å². The highest BCUT2D eigenvalue weighted by Gasteiger charge is 2.22. The van der Waals surface area contributed by atoms with Gasteiger partial charge in [-0.3, -0.25) is 4.79 Å². The lowest BCUT2D eigenvalue weighted by Gasteiger charge is -2.20. The van der Waals surface area contributed by atoms with Crippen molar-refractivity contribution in [1.82, 2.24) is 0 Å². The number of rotatable bonds is 6. The van der Waals surface area contributed by atoms with E-state index in [1.54, 1.807) is 12.1 Å². The van der Waals surface area contributed by atoms with E-state index in [2.05, 4.69) is 10.4 Å². The van der Waals surface area contributed by atoms with Gasteiger partial charge < -0.3 is 5.11 Å².